The Morgan fingerprint density at radius 3 is 2.57 bits per heavy atom. The van der Waals surface area contributed by atoms with E-state index < -0.39 is 0 Å². The third kappa shape index (κ3) is 4.27. The number of fused-ring (bicyclic) bond motifs is 1. The van der Waals surface area contributed by atoms with Crippen LogP contribution in [0.15, 0.2) is 30.7 Å². The van der Waals surface area contributed by atoms with Crippen LogP contribution in [0, 0.1) is 6.92 Å². The van der Waals surface area contributed by atoms with Gasteiger partial charge in [-0.1, -0.05) is 13.8 Å². The fourth-order valence-electron chi connectivity index (χ4n) is 3.85. The molecule has 0 aliphatic heterocycles. The Balaban J connectivity index is 2.38. The van der Waals surface area contributed by atoms with Crippen LogP contribution in [0.1, 0.15) is 63.3 Å². The molecule has 0 unspecified atom stereocenters. The fraction of sp³-hybridized carbons (Fsp3) is 0.417. The molecule has 3 aromatic heterocycles. The normalized spacial score (nSPS) is 11.7. The Labute approximate surface area is 178 Å². The van der Waals surface area contributed by atoms with Gasteiger partial charge in [-0.25, -0.2) is 14.5 Å². The van der Waals surface area contributed by atoms with Crippen molar-refractivity contribution in [2.45, 2.75) is 59.9 Å². The average Bonchev–Trinajstić information content (AvgIpc) is 3.15. The summed E-state index contributed by atoms with van der Waals surface area (Å²) in [5.74, 6) is -0.0846. The van der Waals surface area contributed by atoms with E-state index in [1.54, 1.807) is 6.92 Å². The first-order chi connectivity index (χ1) is 14.5. The van der Waals surface area contributed by atoms with Crippen molar-refractivity contribution in [3.8, 4) is 11.1 Å². The molecule has 0 aliphatic carbocycles. The van der Waals surface area contributed by atoms with E-state index in [1.165, 1.54) is 6.08 Å². The van der Waals surface area contributed by atoms with Crippen molar-refractivity contribution in [3.63, 3.8) is 0 Å². The number of aromatic nitrogens is 4. The van der Waals surface area contributed by atoms with Crippen molar-refractivity contribution in [2.24, 2.45) is 0 Å². The summed E-state index contributed by atoms with van der Waals surface area (Å²) in [4.78, 5) is 21.6. The van der Waals surface area contributed by atoms with Crippen molar-refractivity contribution < 1.29 is 9.53 Å². The molecule has 0 bridgehead atoms. The number of hydrogen-bond acceptors (Lipinski definition) is 5. The average molecular weight is 407 g/mol. The van der Waals surface area contributed by atoms with Crippen molar-refractivity contribution in [1.82, 2.24) is 19.7 Å². The summed E-state index contributed by atoms with van der Waals surface area (Å²) < 4.78 is 7.04. The maximum absolute atomic E-state index is 12.1. The number of aryl methyl sites for hydroxylation is 2. The van der Waals surface area contributed by atoms with E-state index in [9.17, 15) is 4.79 Å². The van der Waals surface area contributed by atoms with Crippen molar-refractivity contribution in [2.75, 3.05) is 6.61 Å². The number of hydrogen-bond donors (Lipinski definition) is 0. The molecular formula is C24H30N4O2. The van der Waals surface area contributed by atoms with Gasteiger partial charge in [0.2, 0.25) is 0 Å². The van der Waals surface area contributed by atoms with Crippen LogP contribution >= 0.6 is 0 Å². The Morgan fingerprint density at radius 1 is 1.17 bits per heavy atom. The summed E-state index contributed by atoms with van der Waals surface area (Å²) in [5.41, 5.74) is 5.87. The molecule has 30 heavy (non-hydrogen) atoms. The number of pyridine rings is 2. The van der Waals surface area contributed by atoms with E-state index in [2.05, 4.69) is 36.9 Å². The van der Waals surface area contributed by atoms with E-state index >= 15 is 0 Å². The SMILES string of the molecule is CCOC(=O)/C=C/c1c(C(CC)CC)nc2c(cnn2CC)c1-c1cncc(C)c1. The van der Waals surface area contributed by atoms with Crippen molar-refractivity contribution in [1.29, 1.82) is 0 Å². The van der Waals surface area contributed by atoms with Gasteiger partial charge in [-0.15, -0.1) is 0 Å². The Bertz CT molecular complexity index is 1060. The van der Waals surface area contributed by atoms with Crippen molar-refractivity contribution in [3.05, 3.63) is 47.6 Å². The quantitative estimate of drug-likeness (QED) is 0.375. The van der Waals surface area contributed by atoms with Gasteiger partial charge in [0.15, 0.2) is 5.65 Å². The lowest BCUT2D eigenvalue weighted by Gasteiger charge is -2.19. The van der Waals surface area contributed by atoms with Gasteiger partial charge in [0.25, 0.3) is 0 Å². The minimum absolute atomic E-state index is 0.271. The van der Waals surface area contributed by atoms with Crippen LogP contribution in [0.25, 0.3) is 28.2 Å². The van der Waals surface area contributed by atoms with Gasteiger partial charge in [0.1, 0.15) is 0 Å². The predicted molar refractivity (Wildman–Crippen MR) is 120 cm³/mol. The van der Waals surface area contributed by atoms with E-state index in [0.29, 0.717) is 6.61 Å². The zero-order chi connectivity index (χ0) is 21.7. The number of carbonyl (C=O) groups is 1. The number of carbonyl (C=O) groups excluding carboxylic acids is 1. The maximum atomic E-state index is 12.1. The second kappa shape index (κ2) is 9.65. The van der Waals surface area contributed by atoms with E-state index in [4.69, 9.17) is 9.72 Å². The fourth-order valence-corrected chi connectivity index (χ4v) is 3.85. The van der Waals surface area contributed by atoms with Crippen LogP contribution in [0.2, 0.25) is 0 Å². The molecule has 6 heteroatoms. The topological polar surface area (TPSA) is 69.9 Å². The summed E-state index contributed by atoms with van der Waals surface area (Å²) in [6, 6.07) is 2.11. The van der Waals surface area contributed by atoms with Crippen LogP contribution in [-0.4, -0.2) is 32.3 Å². The first-order valence-electron chi connectivity index (χ1n) is 10.7. The van der Waals surface area contributed by atoms with E-state index in [-0.39, 0.29) is 11.9 Å². The third-order valence-electron chi connectivity index (χ3n) is 5.36. The van der Waals surface area contributed by atoms with E-state index in [0.717, 1.165) is 58.4 Å². The summed E-state index contributed by atoms with van der Waals surface area (Å²) in [5, 5.41) is 5.52. The highest BCUT2D eigenvalue weighted by molar-refractivity contribution is 5.99. The lowest BCUT2D eigenvalue weighted by atomic mass is 9.89. The van der Waals surface area contributed by atoms with Crippen LogP contribution in [-0.2, 0) is 16.1 Å². The molecule has 0 N–H and O–H groups in total. The number of ether oxygens (including phenoxy) is 1. The summed E-state index contributed by atoms with van der Waals surface area (Å²) >= 11 is 0. The molecule has 3 heterocycles. The molecule has 0 radical (unpaired) electrons. The van der Waals surface area contributed by atoms with Gasteiger partial charge in [-0.2, -0.15) is 5.10 Å². The van der Waals surface area contributed by atoms with Crippen molar-refractivity contribution >= 4 is 23.1 Å². The monoisotopic (exact) mass is 406 g/mol. The molecule has 0 aliphatic rings. The van der Waals surface area contributed by atoms with Gasteiger partial charge in [-0.05, 0) is 51.3 Å². The smallest absolute Gasteiger partial charge is 0.330 e. The largest absolute Gasteiger partial charge is 0.463 e. The van der Waals surface area contributed by atoms with Gasteiger partial charge < -0.3 is 4.74 Å². The highest BCUT2D eigenvalue weighted by atomic mass is 16.5. The first kappa shape index (κ1) is 21.7. The Morgan fingerprint density at radius 2 is 1.93 bits per heavy atom. The van der Waals surface area contributed by atoms with Gasteiger partial charge >= 0.3 is 5.97 Å². The molecule has 3 rings (SSSR count). The second-order valence-electron chi connectivity index (χ2n) is 7.33. The summed E-state index contributed by atoms with van der Waals surface area (Å²) in [6.45, 7) is 11.3. The minimum Gasteiger partial charge on any atom is -0.463 e. The Kier molecular flexibility index (Phi) is 6.98. The molecule has 158 valence electrons. The summed E-state index contributed by atoms with van der Waals surface area (Å²) in [7, 11) is 0. The lowest BCUT2D eigenvalue weighted by Crippen LogP contribution is -2.08. The molecule has 3 aromatic rings. The highest BCUT2D eigenvalue weighted by Gasteiger charge is 2.22. The Hall–Kier alpha value is -3.02. The van der Waals surface area contributed by atoms with Crippen LogP contribution < -0.4 is 0 Å². The number of esters is 1. The molecule has 0 saturated carbocycles. The molecule has 0 fully saturated rings. The zero-order valence-electron chi connectivity index (χ0n) is 18.5. The van der Waals surface area contributed by atoms with Gasteiger partial charge in [0.05, 0.1) is 18.5 Å². The van der Waals surface area contributed by atoms with Gasteiger partial charge in [0, 0.05) is 53.0 Å². The zero-order valence-corrected chi connectivity index (χ0v) is 18.5. The van der Waals surface area contributed by atoms with Gasteiger partial charge in [-0.3, -0.25) is 4.98 Å². The molecule has 0 atom stereocenters. The number of nitrogens with zero attached hydrogens (tertiary/aromatic N) is 4. The lowest BCUT2D eigenvalue weighted by molar-refractivity contribution is -0.137. The summed E-state index contributed by atoms with van der Waals surface area (Å²) in [6.07, 6.45) is 10.8. The predicted octanol–water partition coefficient (Wildman–Crippen LogP) is 5.30. The second-order valence-corrected chi connectivity index (χ2v) is 7.33. The maximum Gasteiger partial charge on any atom is 0.330 e. The molecule has 6 nitrogen and oxygen atoms in total. The standard InChI is InChI=1S/C24H30N4O2/c1-6-17(7-2)23-19(10-11-21(29)30-9-4)22(18-12-16(5)13-25-14-18)20-15-26-28(8-3)24(20)27-23/h10-15,17H,6-9H2,1-5H3/b11-10+. The minimum atomic E-state index is -0.356. The van der Waals surface area contributed by atoms with Crippen LogP contribution in [0.3, 0.4) is 0 Å². The molecule has 0 spiro atoms. The molecular weight excluding hydrogens is 376 g/mol. The highest BCUT2D eigenvalue weighted by Crippen LogP contribution is 2.38. The van der Waals surface area contributed by atoms with Crippen LogP contribution in [0.4, 0.5) is 0 Å². The third-order valence-corrected chi connectivity index (χ3v) is 5.36. The molecule has 0 saturated heterocycles. The van der Waals surface area contributed by atoms with E-state index in [1.807, 2.05) is 36.3 Å². The molecule has 0 amide bonds. The first-order valence-corrected chi connectivity index (χ1v) is 10.7. The number of rotatable bonds is 8. The van der Waals surface area contributed by atoms with Crippen LogP contribution in [0.5, 0.6) is 0 Å². The molecule has 0 aromatic carbocycles.